The maximum atomic E-state index is 12.8. The fourth-order valence-electron chi connectivity index (χ4n) is 3.39. The summed E-state index contributed by atoms with van der Waals surface area (Å²) in [6, 6.07) is 15.3. The zero-order chi connectivity index (χ0) is 20.2. The molecule has 2 aromatic heterocycles. The highest BCUT2D eigenvalue weighted by Gasteiger charge is 2.19. The molecule has 0 saturated carbocycles. The molecular weight excluding hydrogens is 368 g/mol. The maximum Gasteiger partial charge on any atom is 0.348 e. The predicted octanol–water partition coefficient (Wildman–Crippen LogP) is 4.64. The normalized spacial score (nSPS) is 11.4. The number of rotatable bonds is 8. The number of furan rings is 1. The van der Waals surface area contributed by atoms with Crippen molar-refractivity contribution in [1.82, 2.24) is 9.55 Å². The van der Waals surface area contributed by atoms with Crippen LogP contribution < -0.4 is 10.4 Å². The molecule has 0 radical (unpaired) electrons. The Labute approximate surface area is 168 Å². The summed E-state index contributed by atoms with van der Waals surface area (Å²) in [6.45, 7) is 3.65. The van der Waals surface area contributed by atoms with Crippen molar-refractivity contribution in [2.45, 2.75) is 26.3 Å². The summed E-state index contributed by atoms with van der Waals surface area (Å²) >= 11 is 0. The first kappa shape index (κ1) is 19.2. The molecule has 0 unspecified atom stereocenters. The van der Waals surface area contributed by atoms with Gasteiger partial charge in [0.2, 0.25) is 0 Å². The number of ether oxygens (including phenoxy) is 2. The largest absolute Gasteiger partial charge is 0.494 e. The monoisotopic (exact) mass is 392 g/mol. The summed E-state index contributed by atoms with van der Waals surface area (Å²) in [6.07, 6.45) is 2.11. The number of hydrogen-bond acceptors (Lipinski definition) is 5. The number of fused-ring (bicyclic) bond motifs is 3. The second-order valence-corrected chi connectivity index (χ2v) is 6.89. The van der Waals surface area contributed by atoms with E-state index in [0.717, 1.165) is 40.6 Å². The third-order valence-corrected chi connectivity index (χ3v) is 4.91. The second-order valence-electron chi connectivity index (χ2n) is 6.89. The molecule has 0 atom stereocenters. The van der Waals surface area contributed by atoms with Crippen LogP contribution in [0.15, 0.2) is 57.7 Å². The van der Waals surface area contributed by atoms with Gasteiger partial charge in [-0.25, -0.2) is 4.79 Å². The molecule has 2 heterocycles. The molecule has 6 nitrogen and oxygen atoms in total. The Morgan fingerprint density at radius 1 is 1.07 bits per heavy atom. The van der Waals surface area contributed by atoms with Gasteiger partial charge in [-0.3, -0.25) is 4.57 Å². The lowest BCUT2D eigenvalue weighted by atomic mass is 10.1. The number of unbranched alkanes of at least 4 members (excludes halogenated alkanes) is 1. The van der Waals surface area contributed by atoms with Crippen molar-refractivity contribution in [2.75, 3.05) is 20.3 Å². The van der Waals surface area contributed by atoms with Crippen LogP contribution in [-0.2, 0) is 11.3 Å². The standard InChI is InChI=1S/C23H24N2O4/c1-3-4-14-28-17-11-9-16(10-12-17)20-22-21(18-7-5-6-8-19(18)29-22)25(13-15-27-2)23(26)24-20/h5-12H,3-4,13-15H2,1-2H3. The molecule has 29 heavy (non-hydrogen) atoms. The first-order chi connectivity index (χ1) is 14.2. The number of methoxy groups -OCH3 is 1. The molecule has 0 aliphatic heterocycles. The van der Waals surface area contributed by atoms with E-state index in [1.54, 1.807) is 11.7 Å². The minimum atomic E-state index is -0.320. The SMILES string of the molecule is CCCCOc1ccc(-c2nc(=O)n(CCOC)c3c2oc2ccccc23)cc1. The summed E-state index contributed by atoms with van der Waals surface area (Å²) in [5.74, 6) is 0.802. The van der Waals surface area contributed by atoms with Crippen LogP contribution in [0.5, 0.6) is 5.75 Å². The van der Waals surface area contributed by atoms with E-state index in [4.69, 9.17) is 13.9 Å². The number of nitrogens with zero attached hydrogens (tertiary/aromatic N) is 2. The van der Waals surface area contributed by atoms with Gasteiger partial charge in [-0.1, -0.05) is 25.5 Å². The van der Waals surface area contributed by atoms with Gasteiger partial charge in [0.1, 0.15) is 22.5 Å². The van der Waals surface area contributed by atoms with Crippen molar-refractivity contribution < 1.29 is 13.9 Å². The third kappa shape index (κ3) is 3.76. The van der Waals surface area contributed by atoms with Crippen molar-refractivity contribution in [3.8, 4) is 17.0 Å². The van der Waals surface area contributed by atoms with Gasteiger partial charge in [-0.05, 0) is 42.8 Å². The van der Waals surface area contributed by atoms with E-state index in [9.17, 15) is 4.79 Å². The van der Waals surface area contributed by atoms with Gasteiger partial charge in [0.15, 0.2) is 5.58 Å². The topological polar surface area (TPSA) is 66.5 Å². The molecule has 0 spiro atoms. The lowest BCUT2D eigenvalue weighted by Gasteiger charge is -2.10. The molecule has 0 bridgehead atoms. The molecule has 0 saturated heterocycles. The van der Waals surface area contributed by atoms with Gasteiger partial charge < -0.3 is 13.9 Å². The van der Waals surface area contributed by atoms with Crippen LogP contribution in [0.1, 0.15) is 19.8 Å². The van der Waals surface area contributed by atoms with Crippen LogP contribution in [0.4, 0.5) is 0 Å². The number of hydrogen-bond donors (Lipinski definition) is 0. The zero-order valence-electron chi connectivity index (χ0n) is 16.7. The molecule has 6 heteroatoms. The molecule has 0 aliphatic carbocycles. The Morgan fingerprint density at radius 2 is 1.86 bits per heavy atom. The highest BCUT2D eigenvalue weighted by atomic mass is 16.5. The maximum absolute atomic E-state index is 12.8. The van der Waals surface area contributed by atoms with E-state index in [2.05, 4.69) is 11.9 Å². The number of benzene rings is 2. The number of aromatic nitrogens is 2. The van der Waals surface area contributed by atoms with Crippen molar-refractivity contribution in [2.24, 2.45) is 0 Å². The van der Waals surface area contributed by atoms with Crippen LogP contribution in [0.3, 0.4) is 0 Å². The summed E-state index contributed by atoms with van der Waals surface area (Å²) in [5.41, 5.74) is 3.10. The molecule has 150 valence electrons. The Kier molecular flexibility index (Phi) is 5.62. The lowest BCUT2D eigenvalue weighted by Crippen LogP contribution is -2.25. The zero-order valence-corrected chi connectivity index (χ0v) is 16.7. The van der Waals surface area contributed by atoms with E-state index in [-0.39, 0.29) is 5.69 Å². The minimum Gasteiger partial charge on any atom is -0.494 e. The van der Waals surface area contributed by atoms with E-state index in [0.29, 0.717) is 31.0 Å². The molecule has 0 amide bonds. The summed E-state index contributed by atoms with van der Waals surface area (Å²) < 4.78 is 18.7. The van der Waals surface area contributed by atoms with Crippen LogP contribution in [-0.4, -0.2) is 29.9 Å². The second kappa shape index (κ2) is 8.49. The van der Waals surface area contributed by atoms with E-state index < -0.39 is 0 Å². The summed E-state index contributed by atoms with van der Waals surface area (Å²) in [5, 5.41) is 0.888. The Balaban J connectivity index is 1.84. The predicted molar refractivity (Wildman–Crippen MR) is 113 cm³/mol. The van der Waals surface area contributed by atoms with Crippen molar-refractivity contribution in [3.63, 3.8) is 0 Å². The lowest BCUT2D eigenvalue weighted by molar-refractivity contribution is 0.187. The third-order valence-electron chi connectivity index (χ3n) is 4.91. The van der Waals surface area contributed by atoms with Crippen molar-refractivity contribution in [3.05, 3.63) is 59.0 Å². The van der Waals surface area contributed by atoms with Gasteiger partial charge in [0.25, 0.3) is 0 Å². The summed E-state index contributed by atoms with van der Waals surface area (Å²) in [7, 11) is 1.61. The average Bonchev–Trinajstić information content (AvgIpc) is 3.13. The molecule has 2 aromatic carbocycles. The van der Waals surface area contributed by atoms with Crippen molar-refractivity contribution in [1.29, 1.82) is 0 Å². The molecule has 4 aromatic rings. The van der Waals surface area contributed by atoms with Crippen LogP contribution in [0.2, 0.25) is 0 Å². The Morgan fingerprint density at radius 3 is 2.62 bits per heavy atom. The van der Waals surface area contributed by atoms with Gasteiger partial charge in [0.05, 0.1) is 19.8 Å². The Hall–Kier alpha value is -3.12. The first-order valence-electron chi connectivity index (χ1n) is 9.87. The van der Waals surface area contributed by atoms with E-state index in [1.165, 1.54) is 0 Å². The van der Waals surface area contributed by atoms with E-state index in [1.807, 2.05) is 48.5 Å². The van der Waals surface area contributed by atoms with E-state index >= 15 is 0 Å². The molecule has 0 fully saturated rings. The molecular formula is C23H24N2O4. The molecule has 4 rings (SSSR count). The van der Waals surface area contributed by atoms with Gasteiger partial charge in [0, 0.05) is 18.1 Å². The van der Waals surface area contributed by atoms with Gasteiger partial charge in [-0.2, -0.15) is 4.98 Å². The smallest absolute Gasteiger partial charge is 0.348 e. The molecule has 0 N–H and O–H groups in total. The Bertz CT molecular complexity index is 1180. The van der Waals surface area contributed by atoms with Gasteiger partial charge >= 0.3 is 5.69 Å². The molecule has 0 aliphatic rings. The highest BCUT2D eigenvalue weighted by Crippen LogP contribution is 2.34. The fourth-order valence-corrected chi connectivity index (χ4v) is 3.39. The van der Waals surface area contributed by atoms with Crippen LogP contribution in [0, 0.1) is 0 Å². The van der Waals surface area contributed by atoms with Crippen LogP contribution in [0.25, 0.3) is 33.3 Å². The fraction of sp³-hybridized carbons (Fsp3) is 0.304. The minimum absolute atomic E-state index is 0.320. The first-order valence-corrected chi connectivity index (χ1v) is 9.87. The number of para-hydroxylation sites is 1. The highest BCUT2D eigenvalue weighted by molar-refractivity contribution is 6.06. The van der Waals surface area contributed by atoms with Crippen LogP contribution >= 0.6 is 0 Å². The summed E-state index contributed by atoms with van der Waals surface area (Å²) in [4.78, 5) is 17.2. The quantitative estimate of drug-likeness (QED) is 0.409. The average molecular weight is 392 g/mol. The van der Waals surface area contributed by atoms with Gasteiger partial charge in [-0.15, -0.1) is 0 Å². The van der Waals surface area contributed by atoms with Crippen molar-refractivity contribution >= 4 is 22.1 Å².